The first kappa shape index (κ1) is 19.8. The van der Waals surface area contributed by atoms with Crippen molar-refractivity contribution < 1.29 is 9.13 Å². The quantitative estimate of drug-likeness (QED) is 0.411. The number of benzene rings is 1. The average molecular weight is 341 g/mol. The zero-order valence-corrected chi connectivity index (χ0v) is 15.3. The first-order valence-corrected chi connectivity index (χ1v) is 9.28. The van der Waals surface area contributed by atoms with Gasteiger partial charge in [-0.05, 0) is 49.8 Å². The van der Waals surface area contributed by atoms with E-state index in [1.54, 1.807) is 24.9 Å². The SMILES string of the molecule is CN=C(NCCCOC(C)C)NCc1ccc(F)cc1CSC. The number of aliphatic imine (C=N–C) groups is 1. The molecule has 0 saturated carbocycles. The Balaban J connectivity index is 2.42. The minimum Gasteiger partial charge on any atom is -0.379 e. The lowest BCUT2D eigenvalue weighted by atomic mass is 10.1. The van der Waals surface area contributed by atoms with Crippen molar-refractivity contribution in [2.75, 3.05) is 26.5 Å². The monoisotopic (exact) mass is 341 g/mol. The van der Waals surface area contributed by atoms with Gasteiger partial charge in [-0.1, -0.05) is 6.07 Å². The third kappa shape index (κ3) is 8.23. The highest BCUT2D eigenvalue weighted by Gasteiger charge is 2.05. The third-order valence-corrected chi connectivity index (χ3v) is 3.80. The van der Waals surface area contributed by atoms with E-state index in [0.717, 1.165) is 42.4 Å². The Hall–Kier alpha value is -1.27. The number of hydrogen-bond acceptors (Lipinski definition) is 3. The van der Waals surface area contributed by atoms with Crippen molar-refractivity contribution >= 4 is 17.7 Å². The van der Waals surface area contributed by atoms with Crippen LogP contribution in [0.5, 0.6) is 0 Å². The number of rotatable bonds is 9. The first-order valence-electron chi connectivity index (χ1n) is 7.89. The molecule has 0 aliphatic rings. The van der Waals surface area contributed by atoms with Crippen LogP contribution in [0.4, 0.5) is 4.39 Å². The van der Waals surface area contributed by atoms with Crippen molar-refractivity contribution in [1.29, 1.82) is 0 Å². The van der Waals surface area contributed by atoms with Gasteiger partial charge in [-0.15, -0.1) is 0 Å². The molecule has 0 saturated heterocycles. The lowest BCUT2D eigenvalue weighted by Crippen LogP contribution is -2.37. The molecule has 0 bridgehead atoms. The van der Waals surface area contributed by atoms with E-state index in [9.17, 15) is 4.39 Å². The molecule has 130 valence electrons. The molecule has 0 unspecified atom stereocenters. The molecule has 0 heterocycles. The first-order chi connectivity index (χ1) is 11.1. The number of guanidine groups is 1. The number of thioether (sulfide) groups is 1. The molecule has 0 spiro atoms. The highest BCUT2D eigenvalue weighted by molar-refractivity contribution is 7.97. The standard InChI is InChI=1S/C17H28FN3OS/c1-13(2)22-9-5-8-20-17(19-3)21-11-14-6-7-16(18)10-15(14)12-23-4/h6-7,10,13H,5,8-9,11-12H2,1-4H3,(H2,19,20,21). The number of hydrogen-bond donors (Lipinski definition) is 2. The van der Waals surface area contributed by atoms with Crippen molar-refractivity contribution in [2.24, 2.45) is 4.99 Å². The molecule has 23 heavy (non-hydrogen) atoms. The zero-order chi connectivity index (χ0) is 17.1. The van der Waals surface area contributed by atoms with Crippen LogP contribution in [0.25, 0.3) is 0 Å². The maximum Gasteiger partial charge on any atom is 0.191 e. The Bertz CT molecular complexity index is 495. The fraction of sp³-hybridized carbons (Fsp3) is 0.588. The number of nitrogens with one attached hydrogen (secondary N) is 2. The number of nitrogens with zero attached hydrogens (tertiary/aromatic N) is 1. The minimum absolute atomic E-state index is 0.189. The average Bonchev–Trinajstić information content (AvgIpc) is 2.51. The summed E-state index contributed by atoms with van der Waals surface area (Å²) in [6, 6.07) is 4.94. The van der Waals surface area contributed by atoms with E-state index >= 15 is 0 Å². The smallest absolute Gasteiger partial charge is 0.191 e. The lowest BCUT2D eigenvalue weighted by Gasteiger charge is -2.14. The fourth-order valence-corrected chi connectivity index (χ4v) is 2.63. The van der Waals surface area contributed by atoms with Crippen LogP contribution in [0.2, 0.25) is 0 Å². The molecule has 1 aromatic carbocycles. The van der Waals surface area contributed by atoms with Gasteiger partial charge in [-0.3, -0.25) is 4.99 Å². The predicted octanol–water partition coefficient (Wildman–Crippen LogP) is 3.17. The Morgan fingerprint density at radius 3 is 2.74 bits per heavy atom. The molecule has 0 amide bonds. The van der Waals surface area contributed by atoms with E-state index < -0.39 is 0 Å². The van der Waals surface area contributed by atoms with Crippen LogP contribution in [0.1, 0.15) is 31.4 Å². The Labute approximate surface area is 143 Å². The van der Waals surface area contributed by atoms with Gasteiger partial charge in [0.2, 0.25) is 0 Å². The molecular weight excluding hydrogens is 313 g/mol. The van der Waals surface area contributed by atoms with Gasteiger partial charge >= 0.3 is 0 Å². The molecule has 2 N–H and O–H groups in total. The number of ether oxygens (including phenoxy) is 1. The van der Waals surface area contributed by atoms with Crippen LogP contribution in [0.3, 0.4) is 0 Å². The van der Waals surface area contributed by atoms with E-state index in [-0.39, 0.29) is 11.9 Å². The molecule has 0 aromatic heterocycles. The molecular formula is C17H28FN3OS. The van der Waals surface area contributed by atoms with E-state index in [2.05, 4.69) is 15.6 Å². The van der Waals surface area contributed by atoms with Crippen molar-refractivity contribution in [2.45, 2.75) is 38.7 Å². The van der Waals surface area contributed by atoms with Crippen LogP contribution in [-0.2, 0) is 17.0 Å². The molecule has 1 rings (SSSR count). The topological polar surface area (TPSA) is 45.7 Å². The predicted molar refractivity (Wildman–Crippen MR) is 97.5 cm³/mol. The van der Waals surface area contributed by atoms with Crippen LogP contribution in [0.15, 0.2) is 23.2 Å². The van der Waals surface area contributed by atoms with Crippen LogP contribution in [0, 0.1) is 5.82 Å². The van der Waals surface area contributed by atoms with Crippen LogP contribution >= 0.6 is 11.8 Å². The van der Waals surface area contributed by atoms with Gasteiger partial charge in [-0.25, -0.2) is 4.39 Å². The summed E-state index contributed by atoms with van der Waals surface area (Å²) in [6.45, 7) is 6.22. The summed E-state index contributed by atoms with van der Waals surface area (Å²) in [7, 11) is 1.74. The molecule has 0 radical (unpaired) electrons. The van der Waals surface area contributed by atoms with Crippen molar-refractivity contribution in [3.8, 4) is 0 Å². The second-order valence-corrected chi connectivity index (χ2v) is 6.34. The van der Waals surface area contributed by atoms with E-state index in [0.29, 0.717) is 6.54 Å². The van der Waals surface area contributed by atoms with Gasteiger partial charge in [0.05, 0.1) is 6.10 Å². The van der Waals surface area contributed by atoms with Gasteiger partial charge in [0, 0.05) is 32.5 Å². The lowest BCUT2D eigenvalue weighted by molar-refractivity contribution is 0.0776. The normalized spacial score (nSPS) is 11.8. The Morgan fingerprint density at radius 2 is 2.09 bits per heavy atom. The summed E-state index contributed by atoms with van der Waals surface area (Å²) >= 11 is 1.68. The summed E-state index contributed by atoms with van der Waals surface area (Å²) in [4.78, 5) is 4.20. The third-order valence-electron chi connectivity index (χ3n) is 3.20. The van der Waals surface area contributed by atoms with Gasteiger partial charge < -0.3 is 15.4 Å². The summed E-state index contributed by atoms with van der Waals surface area (Å²) in [6.07, 6.45) is 3.20. The van der Waals surface area contributed by atoms with Gasteiger partial charge in [0.1, 0.15) is 5.82 Å². The second-order valence-electron chi connectivity index (χ2n) is 5.47. The molecule has 0 atom stereocenters. The highest BCUT2D eigenvalue weighted by atomic mass is 32.2. The van der Waals surface area contributed by atoms with Crippen molar-refractivity contribution in [3.05, 3.63) is 35.1 Å². The minimum atomic E-state index is -0.189. The van der Waals surface area contributed by atoms with Crippen molar-refractivity contribution in [3.63, 3.8) is 0 Å². The molecule has 0 fully saturated rings. The van der Waals surface area contributed by atoms with E-state index in [1.807, 2.05) is 26.2 Å². The Morgan fingerprint density at radius 1 is 1.30 bits per heavy atom. The van der Waals surface area contributed by atoms with E-state index in [4.69, 9.17) is 4.74 Å². The maximum absolute atomic E-state index is 13.4. The van der Waals surface area contributed by atoms with Crippen LogP contribution < -0.4 is 10.6 Å². The van der Waals surface area contributed by atoms with Crippen LogP contribution in [-0.4, -0.2) is 38.5 Å². The van der Waals surface area contributed by atoms with Crippen molar-refractivity contribution in [1.82, 2.24) is 10.6 Å². The molecule has 1 aromatic rings. The molecule has 6 heteroatoms. The maximum atomic E-state index is 13.4. The Kier molecular flexibility index (Phi) is 9.71. The summed E-state index contributed by atoms with van der Waals surface area (Å²) in [5.41, 5.74) is 2.11. The van der Waals surface area contributed by atoms with Gasteiger partial charge in [-0.2, -0.15) is 11.8 Å². The highest BCUT2D eigenvalue weighted by Crippen LogP contribution is 2.16. The van der Waals surface area contributed by atoms with Gasteiger partial charge in [0.15, 0.2) is 5.96 Å². The largest absolute Gasteiger partial charge is 0.379 e. The van der Waals surface area contributed by atoms with E-state index in [1.165, 1.54) is 6.07 Å². The fourth-order valence-electron chi connectivity index (χ4n) is 2.05. The molecule has 0 aliphatic heterocycles. The summed E-state index contributed by atoms with van der Waals surface area (Å²) in [5, 5.41) is 6.53. The zero-order valence-electron chi connectivity index (χ0n) is 14.5. The molecule has 0 aliphatic carbocycles. The van der Waals surface area contributed by atoms with Gasteiger partial charge in [0.25, 0.3) is 0 Å². The summed E-state index contributed by atoms with van der Waals surface area (Å²) < 4.78 is 18.9. The second kappa shape index (κ2) is 11.3. The molecule has 4 nitrogen and oxygen atoms in total. The summed E-state index contributed by atoms with van der Waals surface area (Å²) in [5.74, 6) is 1.35. The number of halogens is 1.